The molecular weight excluding hydrogens is 286 g/mol. The van der Waals surface area contributed by atoms with E-state index in [0.717, 1.165) is 45.1 Å². The number of benzene rings is 1. The van der Waals surface area contributed by atoms with E-state index in [1.807, 2.05) is 7.05 Å². The van der Waals surface area contributed by atoms with Crippen LogP contribution < -0.4 is 10.6 Å². The molecule has 2 N–H and O–H groups in total. The second kappa shape index (κ2) is 8.34. The lowest BCUT2D eigenvalue weighted by Gasteiger charge is -2.38. The molecule has 23 heavy (non-hydrogen) atoms. The third-order valence-corrected chi connectivity index (χ3v) is 4.39. The fourth-order valence-corrected chi connectivity index (χ4v) is 2.64. The van der Waals surface area contributed by atoms with E-state index in [4.69, 9.17) is 4.74 Å². The minimum Gasteiger partial charge on any atom is -0.380 e. The molecule has 2 rings (SSSR count). The Kier molecular flexibility index (Phi) is 6.46. The summed E-state index contributed by atoms with van der Waals surface area (Å²) in [5.74, 6) is 1.48. The molecule has 1 heterocycles. The molecule has 0 bridgehead atoms. The van der Waals surface area contributed by atoms with Crippen LogP contribution >= 0.6 is 0 Å². The first kappa shape index (κ1) is 17.8. The van der Waals surface area contributed by atoms with Gasteiger partial charge in [-0.15, -0.1) is 0 Å². The zero-order valence-electron chi connectivity index (χ0n) is 15.0. The first-order chi connectivity index (χ1) is 11.0. The van der Waals surface area contributed by atoms with E-state index in [0.29, 0.717) is 5.92 Å². The van der Waals surface area contributed by atoms with Gasteiger partial charge in [-0.25, -0.2) is 0 Å². The highest BCUT2D eigenvalue weighted by Gasteiger charge is 2.33. The number of rotatable bonds is 7. The minimum atomic E-state index is 0.260. The predicted molar refractivity (Wildman–Crippen MR) is 97.1 cm³/mol. The van der Waals surface area contributed by atoms with Crippen molar-refractivity contribution in [1.29, 1.82) is 0 Å². The lowest BCUT2D eigenvalue weighted by Crippen LogP contribution is -2.51. The summed E-state index contributed by atoms with van der Waals surface area (Å²) < 4.78 is 5.27. The number of nitrogens with one attached hydrogen (secondary N) is 2. The molecule has 0 aromatic heterocycles. The quantitative estimate of drug-likeness (QED) is 0.462. The van der Waals surface area contributed by atoms with Crippen LogP contribution in [0.1, 0.15) is 44.2 Å². The third kappa shape index (κ3) is 5.54. The average Bonchev–Trinajstić information content (AvgIpc) is 2.52. The topological polar surface area (TPSA) is 45.7 Å². The van der Waals surface area contributed by atoms with Gasteiger partial charge in [0.15, 0.2) is 5.96 Å². The molecule has 1 fully saturated rings. The van der Waals surface area contributed by atoms with Crippen LogP contribution in [0.15, 0.2) is 29.3 Å². The highest BCUT2D eigenvalue weighted by molar-refractivity contribution is 5.79. The molecule has 4 heteroatoms. The standard InChI is InChI=1S/C19H31N3O/c1-15(2)17-9-7-16(8-10-17)6-5-11-21-18(20-4)22-12-19(3)13-23-14-19/h7-10,15H,5-6,11-14H2,1-4H3,(H2,20,21,22). The van der Waals surface area contributed by atoms with Crippen LogP contribution in [-0.2, 0) is 11.2 Å². The van der Waals surface area contributed by atoms with Crippen molar-refractivity contribution in [2.45, 2.75) is 39.5 Å². The van der Waals surface area contributed by atoms with Crippen LogP contribution in [0.3, 0.4) is 0 Å². The maximum absolute atomic E-state index is 5.27. The summed E-state index contributed by atoms with van der Waals surface area (Å²) in [5, 5.41) is 6.78. The second-order valence-corrected chi connectivity index (χ2v) is 7.16. The molecule has 4 nitrogen and oxygen atoms in total. The van der Waals surface area contributed by atoms with Crippen LogP contribution in [0.4, 0.5) is 0 Å². The smallest absolute Gasteiger partial charge is 0.190 e. The molecule has 0 aliphatic carbocycles. The van der Waals surface area contributed by atoms with Crippen molar-refractivity contribution in [1.82, 2.24) is 10.6 Å². The maximum Gasteiger partial charge on any atom is 0.190 e. The molecule has 1 aliphatic heterocycles. The van der Waals surface area contributed by atoms with Gasteiger partial charge in [0, 0.05) is 25.6 Å². The Bertz CT molecular complexity index is 504. The third-order valence-electron chi connectivity index (χ3n) is 4.39. The van der Waals surface area contributed by atoms with Gasteiger partial charge < -0.3 is 15.4 Å². The lowest BCUT2D eigenvalue weighted by atomic mass is 9.89. The number of guanidine groups is 1. The summed E-state index contributed by atoms with van der Waals surface area (Å²) in [5.41, 5.74) is 3.07. The van der Waals surface area contributed by atoms with Crippen molar-refractivity contribution in [2.75, 3.05) is 33.4 Å². The summed E-state index contributed by atoms with van der Waals surface area (Å²) in [7, 11) is 1.82. The molecule has 1 aromatic carbocycles. The van der Waals surface area contributed by atoms with Gasteiger partial charge in [-0.3, -0.25) is 4.99 Å². The summed E-state index contributed by atoms with van der Waals surface area (Å²) >= 11 is 0. The fourth-order valence-electron chi connectivity index (χ4n) is 2.64. The molecule has 0 radical (unpaired) electrons. The van der Waals surface area contributed by atoms with Crippen molar-refractivity contribution in [3.05, 3.63) is 35.4 Å². The van der Waals surface area contributed by atoms with E-state index in [-0.39, 0.29) is 5.41 Å². The van der Waals surface area contributed by atoms with Crippen molar-refractivity contribution in [3.63, 3.8) is 0 Å². The molecule has 0 spiro atoms. The Labute approximate surface area is 140 Å². The highest BCUT2D eigenvalue weighted by Crippen LogP contribution is 2.24. The maximum atomic E-state index is 5.27. The fraction of sp³-hybridized carbons (Fsp3) is 0.632. The van der Waals surface area contributed by atoms with Gasteiger partial charge in [0.2, 0.25) is 0 Å². The normalized spacial score (nSPS) is 17.0. The van der Waals surface area contributed by atoms with E-state index in [2.05, 4.69) is 60.7 Å². The molecule has 1 aliphatic rings. The summed E-state index contributed by atoms with van der Waals surface area (Å²) in [4.78, 5) is 4.28. The van der Waals surface area contributed by atoms with E-state index < -0.39 is 0 Å². The monoisotopic (exact) mass is 317 g/mol. The Morgan fingerprint density at radius 3 is 2.43 bits per heavy atom. The summed E-state index contributed by atoms with van der Waals surface area (Å²) in [6, 6.07) is 8.99. The Balaban J connectivity index is 1.65. The number of nitrogens with zero attached hydrogens (tertiary/aromatic N) is 1. The molecule has 0 unspecified atom stereocenters. The van der Waals surface area contributed by atoms with E-state index >= 15 is 0 Å². The van der Waals surface area contributed by atoms with Crippen LogP contribution in [-0.4, -0.2) is 39.3 Å². The average molecular weight is 317 g/mol. The Morgan fingerprint density at radius 2 is 1.91 bits per heavy atom. The van der Waals surface area contributed by atoms with E-state index in [9.17, 15) is 0 Å². The lowest BCUT2D eigenvalue weighted by molar-refractivity contribution is -0.0971. The van der Waals surface area contributed by atoms with Crippen LogP contribution in [0, 0.1) is 5.41 Å². The number of aryl methyl sites for hydroxylation is 1. The van der Waals surface area contributed by atoms with Gasteiger partial charge in [-0.05, 0) is 29.9 Å². The largest absolute Gasteiger partial charge is 0.380 e. The van der Waals surface area contributed by atoms with Crippen LogP contribution in [0.2, 0.25) is 0 Å². The summed E-state index contributed by atoms with van der Waals surface area (Å²) in [6.45, 7) is 10.2. The predicted octanol–water partition coefficient (Wildman–Crippen LogP) is 2.94. The van der Waals surface area contributed by atoms with Crippen LogP contribution in [0.25, 0.3) is 0 Å². The minimum absolute atomic E-state index is 0.260. The van der Waals surface area contributed by atoms with Gasteiger partial charge in [-0.1, -0.05) is 45.0 Å². The van der Waals surface area contributed by atoms with Crippen molar-refractivity contribution in [3.8, 4) is 0 Å². The second-order valence-electron chi connectivity index (χ2n) is 7.16. The van der Waals surface area contributed by atoms with Gasteiger partial charge >= 0.3 is 0 Å². The van der Waals surface area contributed by atoms with E-state index in [1.165, 1.54) is 11.1 Å². The first-order valence-electron chi connectivity index (χ1n) is 8.63. The molecule has 1 saturated heterocycles. The zero-order valence-corrected chi connectivity index (χ0v) is 15.0. The summed E-state index contributed by atoms with van der Waals surface area (Å²) in [6.07, 6.45) is 2.19. The number of ether oxygens (including phenoxy) is 1. The Hall–Kier alpha value is -1.55. The molecule has 0 amide bonds. The zero-order chi connectivity index (χ0) is 16.7. The van der Waals surface area contributed by atoms with Gasteiger partial charge in [0.25, 0.3) is 0 Å². The van der Waals surface area contributed by atoms with Gasteiger partial charge in [-0.2, -0.15) is 0 Å². The van der Waals surface area contributed by atoms with Crippen molar-refractivity contribution in [2.24, 2.45) is 10.4 Å². The SMILES string of the molecule is CN=C(NCCCc1ccc(C(C)C)cc1)NCC1(C)COC1. The first-order valence-corrected chi connectivity index (χ1v) is 8.63. The molecule has 1 aromatic rings. The number of hydrogen-bond donors (Lipinski definition) is 2. The molecule has 128 valence electrons. The molecule has 0 atom stereocenters. The van der Waals surface area contributed by atoms with Crippen molar-refractivity contribution < 1.29 is 4.74 Å². The van der Waals surface area contributed by atoms with Crippen LogP contribution in [0.5, 0.6) is 0 Å². The number of aliphatic imine (C=N–C) groups is 1. The molecular formula is C19H31N3O. The van der Waals surface area contributed by atoms with Crippen molar-refractivity contribution >= 4 is 5.96 Å². The van der Waals surface area contributed by atoms with Gasteiger partial charge in [0.1, 0.15) is 0 Å². The van der Waals surface area contributed by atoms with E-state index in [1.54, 1.807) is 0 Å². The van der Waals surface area contributed by atoms with Gasteiger partial charge in [0.05, 0.1) is 13.2 Å². The highest BCUT2D eigenvalue weighted by atomic mass is 16.5. The number of hydrogen-bond acceptors (Lipinski definition) is 2. The molecule has 0 saturated carbocycles. The Morgan fingerprint density at radius 1 is 1.22 bits per heavy atom.